The molecule has 0 bridgehead atoms. The molecular formula is C12H12N2O2. The second-order valence-electron chi connectivity index (χ2n) is 3.49. The largest absolute Gasteiger partial charge is 0.497 e. The van der Waals surface area contributed by atoms with Crippen LogP contribution in [0.5, 0.6) is 5.75 Å². The smallest absolute Gasteiger partial charge is 0.167 e. The number of carbonyl (C=O) groups excluding carboxylic acids is 1. The van der Waals surface area contributed by atoms with Gasteiger partial charge in [0.1, 0.15) is 11.6 Å². The fourth-order valence-electron chi connectivity index (χ4n) is 1.56. The van der Waals surface area contributed by atoms with Crippen LogP contribution in [0.1, 0.15) is 16.1 Å². The summed E-state index contributed by atoms with van der Waals surface area (Å²) in [6.07, 6.45) is 2.27. The number of H-pyrrole nitrogens is 1. The van der Waals surface area contributed by atoms with E-state index in [1.165, 1.54) is 6.20 Å². The predicted molar refractivity (Wildman–Crippen MR) is 60.7 cm³/mol. The Balaban J connectivity index is 2.43. The van der Waals surface area contributed by atoms with Gasteiger partial charge in [0.05, 0.1) is 19.0 Å². The van der Waals surface area contributed by atoms with Gasteiger partial charge < -0.3 is 9.72 Å². The molecule has 1 aromatic heterocycles. The van der Waals surface area contributed by atoms with Crippen molar-refractivity contribution in [3.8, 4) is 17.1 Å². The molecule has 0 radical (unpaired) electrons. The molecule has 0 spiro atoms. The Labute approximate surface area is 93.3 Å². The van der Waals surface area contributed by atoms with Crippen molar-refractivity contribution in [1.29, 1.82) is 0 Å². The number of imidazole rings is 1. The highest BCUT2D eigenvalue weighted by Crippen LogP contribution is 2.24. The van der Waals surface area contributed by atoms with Crippen LogP contribution in [0.2, 0.25) is 0 Å². The van der Waals surface area contributed by atoms with Gasteiger partial charge >= 0.3 is 0 Å². The topological polar surface area (TPSA) is 55.0 Å². The molecule has 0 amide bonds. The monoisotopic (exact) mass is 216 g/mol. The highest BCUT2D eigenvalue weighted by atomic mass is 16.5. The Morgan fingerprint density at radius 1 is 1.44 bits per heavy atom. The van der Waals surface area contributed by atoms with E-state index in [4.69, 9.17) is 4.74 Å². The van der Waals surface area contributed by atoms with Gasteiger partial charge in [-0.25, -0.2) is 4.98 Å². The number of benzene rings is 1. The Morgan fingerprint density at radius 3 is 2.81 bits per heavy atom. The van der Waals surface area contributed by atoms with Crippen LogP contribution in [-0.4, -0.2) is 23.4 Å². The minimum atomic E-state index is 0.477. The summed E-state index contributed by atoms with van der Waals surface area (Å²) in [5.74, 6) is 1.51. The second-order valence-corrected chi connectivity index (χ2v) is 3.49. The zero-order valence-corrected chi connectivity index (χ0v) is 9.15. The van der Waals surface area contributed by atoms with Crippen LogP contribution in [0.4, 0.5) is 0 Å². The summed E-state index contributed by atoms with van der Waals surface area (Å²) in [6, 6.07) is 5.71. The number of aromatic nitrogens is 2. The minimum Gasteiger partial charge on any atom is -0.497 e. The lowest BCUT2D eigenvalue weighted by Crippen LogP contribution is -1.89. The molecule has 1 aromatic carbocycles. The third-order valence-electron chi connectivity index (χ3n) is 2.41. The number of rotatable bonds is 3. The number of nitrogens with zero attached hydrogens (tertiary/aromatic N) is 1. The number of methoxy groups -OCH3 is 1. The summed E-state index contributed by atoms with van der Waals surface area (Å²) in [6.45, 7) is 1.97. The first kappa shape index (κ1) is 10.4. The lowest BCUT2D eigenvalue weighted by molar-refractivity contribution is 0.111. The van der Waals surface area contributed by atoms with Crippen LogP contribution in [0, 0.1) is 6.92 Å². The number of carbonyl (C=O) groups is 1. The van der Waals surface area contributed by atoms with Crippen molar-refractivity contribution in [3.63, 3.8) is 0 Å². The Morgan fingerprint density at radius 2 is 2.25 bits per heavy atom. The Kier molecular flexibility index (Phi) is 2.72. The molecule has 2 rings (SSSR count). The second kappa shape index (κ2) is 4.18. The molecule has 0 aliphatic carbocycles. The Hall–Kier alpha value is -2.10. The van der Waals surface area contributed by atoms with Crippen molar-refractivity contribution in [2.75, 3.05) is 7.11 Å². The number of aldehydes is 1. The highest BCUT2D eigenvalue weighted by molar-refractivity contribution is 5.73. The van der Waals surface area contributed by atoms with E-state index >= 15 is 0 Å². The van der Waals surface area contributed by atoms with E-state index in [0.717, 1.165) is 23.2 Å². The molecule has 4 heteroatoms. The van der Waals surface area contributed by atoms with Crippen LogP contribution in [0.25, 0.3) is 11.4 Å². The molecular weight excluding hydrogens is 204 g/mol. The summed E-state index contributed by atoms with van der Waals surface area (Å²) >= 11 is 0. The summed E-state index contributed by atoms with van der Waals surface area (Å²) in [5.41, 5.74) is 2.49. The minimum absolute atomic E-state index is 0.477. The van der Waals surface area contributed by atoms with Crippen molar-refractivity contribution in [1.82, 2.24) is 9.97 Å². The lowest BCUT2D eigenvalue weighted by atomic mass is 10.1. The van der Waals surface area contributed by atoms with Gasteiger partial charge in [0.2, 0.25) is 0 Å². The number of ether oxygens (including phenoxy) is 1. The van der Waals surface area contributed by atoms with Crippen molar-refractivity contribution < 1.29 is 9.53 Å². The van der Waals surface area contributed by atoms with Crippen LogP contribution in [0.3, 0.4) is 0 Å². The zero-order valence-electron chi connectivity index (χ0n) is 9.15. The molecule has 82 valence electrons. The molecule has 16 heavy (non-hydrogen) atoms. The Bertz CT molecular complexity index is 517. The average Bonchev–Trinajstić information content (AvgIpc) is 2.77. The van der Waals surface area contributed by atoms with E-state index in [2.05, 4.69) is 9.97 Å². The first-order chi connectivity index (χ1) is 7.74. The van der Waals surface area contributed by atoms with Crippen LogP contribution in [-0.2, 0) is 0 Å². The van der Waals surface area contributed by atoms with E-state index < -0.39 is 0 Å². The first-order valence-electron chi connectivity index (χ1n) is 4.90. The average molecular weight is 216 g/mol. The number of hydrogen-bond acceptors (Lipinski definition) is 3. The summed E-state index contributed by atoms with van der Waals surface area (Å²) in [5, 5.41) is 0. The van der Waals surface area contributed by atoms with Gasteiger partial charge in [-0.15, -0.1) is 0 Å². The molecule has 4 nitrogen and oxygen atoms in total. The van der Waals surface area contributed by atoms with E-state index in [0.29, 0.717) is 11.5 Å². The maximum absolute atomic E-state index is 10.5. The molecule has 0 unspecified atom stereocenters. The van der Waals surface area contributed by atoms with Crippen LogP contribution in [0.15, 0.2) is 24.4 Å². The van der Waals surface area contributed by atoms with Crippen molar-refractivity contribution >= 4 is 6.29 Å². The van der Waals surface area contributed by atoms with Crippen LogP contribution >= 0.6 is 0 Å². The molecule has 0 saturated heterocycles. The fraction of sp³-hybridized carbons (Fsp3) is 0.167. The molecule has 0 atom stereocenters. The molecule has 0 aliphatic rings. The van der Waals surface area contributed by atoms with E-state index in [9.17, 15) is 4.79 Å². The van der Waals surface area contributed by atoms with Gasteiger partial charge in [0.15, 0.2) is 6.29 Å². The normalized spacial score (nSPS) is 10.1. The molecule has 1 heterocycles. The number of nitrogens with one attached hydrogen (secondary N) is 1. The van der Waals surface area contributed by atoms with Crippen molar-refractivity contribution in [3.05, 3.63) is 35.7 Å². The molecule has 0 aliphatic heterocycles. The van der Waals surface area contributed by atoms with Gasteiger partial charge in [-0.05, 0) is 30.7 Å². The van der Waals surface area contributed by atoms with Gasteiger partial charge in [0.25, 0.3) is 0 Å². The molecule has 1 N–H and O–H groups in total. The maximum Gasteiger partial charge on any atom is 0.167 e. The third-order valence-corrected chi connectivity index (χ3v) is 2.41. The lowest BCUT2D eigenvalue weighted by Gasteiger charge is -2.05. The SMILES string of the molecule is COc1ccc(-c2ncc(C=O)[nH]2)c(C)c1. The van der Waals surface area contributed by atoms with Crippen LogP contribution < -0.4 is 4.74 Å². The molecule has 2 aromatic rings. The third kappa shape index (κ3) is 1.82. The quantitative estimate of drug-likeness (QED) is 0.800. The van der Waals surface area contributed by atoms with E-state index in [1.54, 1.807) is 7.11 Å². The molecule has 0 saturated carbocycles. The fourth-order valence-corrected chi connectivity index (χ4v) is 1.56. The molecule has 0 fully saturated rings. The highest BCUT2D eigenvalue weighted by Gasteiger charge is 2.06. The number of aryl methyl sites for hydroxylation is 1. The summed E-state index contributed by atoms with van der Waals surface area (Å²) in [7, 11) is 1.63. The van der Waals surface area contributed by atoms with E-state index in [1.807, 2.05) is 25.1 Å². The van der Waals surface area contributed by atoms with E-state index in [-0.39, 0.29) is 0 Å². The number of aromatic amines is 1. The summed E-state index contributed by atoms with van der Waals surface area (Å²) in [4.78, 5) is 17.6. The zero-order chi connectivity index (χ0) is 11.5. The first-order valence-corrected chi connectivity index (χ1v) is 4.90. The number of hydrogen-bond donors (Lipinski definition) is 1. The van der Waals surface area contributed by atoms with Gasteiger partial charge in [0, 0.05) is 5.56 Å². The van der Waals surface area contributed by atoms with Gasteiger partial charge in [-0.3, -0.25) is 4.79 Å². The standard InChI is InChI=1S/C12H12N2O2/c1-8-5-10(16-2)3-4-11(8)12-13-6-9(7-15)14-12/h3-7H,1-2H3,(H,13,14). The summed E-state index contributed by atoms with van der Waals surface area (Å²) < 4.78 is 5.13. The van der Waals surface area contributed by atoms with Crippen molar-refractivity contribution in [2.24, 2.45) is 0 Å². The maximum atomic E-state index is 10.5. The van der Waals surface area contributed by atoms with Gasteiger partial charge in [-0.2, -0.15) is 0 Å². The van der Waals surface area contributed by atoms with Gasteiger partial charge in [-0.1, -0.05) is 0 Å². The predicted octanol–water partition coefficient (Wildman–Crippen LogP) is 2.21. The van der Waals surface area contributed by atoms with Crippen molar-refractivity contribution in [2.45, 2.75) is 6.92 Å².